The molecular formula is C17H18N2O2. The van der Waals surface area contributed by atoms with Crippen molar-refractivity contribution < 1.29 is 9.59 Å². The Morgan fingerprint density at radius 1 is 0.762 bits per heavy atom. The molecule has 4 N–H and O–H groups in total. The monoisotopic (exact) mass is 282 g/mol. The molecule has 0 aliphatic carbocycles. The Labute approximate surface area is 123 Å². The zero-order chi connectivity index (χ0) is 15.7. The highest BCUT2D eigenvalue weighted by molar-refractivity contribution is 6.12. The minimum absolute atomic E-state index is 0.203. The van der Waals surface area contributed by atoms with E-state index in [-0.39, 0.29) is 11.1 Å². The molecule has 0 unspecified atom stereocenters. The first-order chi connectivity index (χ1) is 9.86. The molecule has 0 spiro atoms. The highest BCUT2D eigenvalue weighted by Gasteiger charge is 2.24. The predicted octanol–water partition coefficient (Wildman–Crippen LogP) is 2.48. The molecule has 0 aliphatic rings. The summed E-state index contributed by atoms with van der Waals surface area (Å²) in [6.07, 6.45) is 0. The van der Waals surface area contributed by atoms with Crippen LogP contribution in [0.2, 0.25) is 0 Å². The van der Waals surface area contributed by atoms with E-state index in [1.165, 1.54) is 0 Å². The lowest BCUT2D eigenvalue weighted by molar-refractivity contribution is 0.0967. The molecule has 2 amide bonds. The largest absolute Gasteiger partial charge is 0.366 e. The summed E-state index contributed by atoms with van der Waals surface area (Å²) in [4.78, 5) is 23.8. The topological polar surface area (TPSA) is 86.2 Å². The van der Waals surface area contributed by atoms with Gasteiger partial charge in [0.05, 0.1) is 11.1 Å². The van der Waals surface area contributed by atoms with Crippen LogP contribution in [0.5, 0.6) is 0 Å². The SMILES string of the molecule is Cc1c(C)c(C(N)=O)c(C(N)=O)c(-c2ccccc2)c1C. The highest BCUT2D eigenvalue weighted by Crippen LogP contribution is 2.34. The maximum absolute atomic E-state index is 12.0. The fourth-order valence-electron chi connectivity index (χ4n) is 2.68. The lowest BCUT2D eigenvalue weighted by atomic mass is 9.84. The van der Waals surface area contributed by atoms with Gasteiger partial charge in [-0.3, -0.25) is 9.59 Å². The predicted molar refractivity (Wildman–Crippen MR) is 83.1 cm³/mol. The van der Waals surface area contributed by atoms with Gasteiger partial charge in [0.25, 0.3) is 0 Å². The van der Waals surface area contributed by atoms with Crippen LogP contribution in [0.25, 0.3) is 11.1 Å². The Morgan fingerprint density at radius 2 is 1.29 bits per heavy atom. The van der Waals surface area contributed by atoms with Gasteiger partial charge in [-0.2, -0.15) is 0 Å². The minimum Gasteiger partial charge on any atom is -0.366 e. The van der Waals surface area contributed by atoms with Gasteiger partial charge in [-0.15, -0.1) is 0 Å². The van der Waals surface area contributed by atoms with Gasteiger partial charge in [0.2, 0.25) is 11.8 Å². The Morgan fingerprint density at radius 3 is 1.76 bits per heavy atom. The minimum atomic E-state index is -0.645. The van der Waals surface area contributed by atoms with Crippen LogP contribution >= 0.6 is 0 Å². The number of carbonyl (C=O) groups excluding carboxylic acids is 2. The molecule has 4 nitrogen and oxygen atoms in total. The molecule has 0 bridgehead atoms. The van der Waals surface area contributed by atoms with Crippen molar-refractivity contribution in [1.29, 1.82) is 0 Å². The molecule has 0 atom stereocenters. The molecule has 108 valence electrons. The second-order valence-electron chi connectivity index (χ2n) is 5.09. The number of amides is 2. The van der Waals surface area contributed by atoms with E-state index in [1.54, 1.807) is 6.92 Å². The first-order valence-electron chi connectivity index (χ1n) is 6.65. The zero-order valence-electron chi connectivity index (χ0n) is 12.4. The van der Waals surface area contributed by atoms with Crippen LogP contribution in [0.15, 0.2) is 30.3 Å². The first kappa shape index (κ1) is 14.8. The Hall–Kier alpha value is -2.62. The second kappa shape index (κ2) is 5.40. The number of hydrogen-bond donors (Lipinski definition) is 2. The average molecular weight is 282 g/mol. The molecule has 0 saturated heterocycles. The second-order valence-corrected chi connectivity index (χ2v) is 5.09. The van der Waals surface area contributed by atoms with E-state index in [1.807, 2.05) is 44.2 Å². The van der Waals surface area contributed by atoms with E-state index in [4.69, 9.17) is 11.5 Å². The molecule has 0 radical (unpaired) electrons. The van der Waals surface area contributed by atoms with E-state index in [0.717, 1.165) is 16.7 Å². The number of hydrogen-bond acceptors (Lipinski definition) is 2. The van der Waals surface area contributed by atoms with E-state index < -0.39 is 11.8 Å². The van der Waals surface area contributed by atoms with Crippen LogP contribution in [-0.4, -0.2) is 11.8 Å². The number of benzene rings is 2. The molecule has 2 aromatic rings. The maximum Gasteiger partial charge on any atom is 0.250 e. The summed E-state index contributed by atoms with van der Waals surface area (Å²) in [5, 5.41) is 0. The third-order valence-electron chi connectivity index (χ3n) is 3.93. The van der Waals surface area contributed by atoms with E-state index >= 15 is 0 Å². The van der Waals surface area contributed by atoms with Crippen LogP contribution in [-0.2, 0) is 0 Å². The van der Waals surface area contributed by atoms with Gasteiger partial charge in [0, 0.05) is 0 Å². The number of nitrogens with two attached hydrogens (primary N) is 2. The van der Waals surface area contributed by atoms with Crippen molar-refractivity contribution in [2.24, 2.45) is 11.5 Å². The average Bonchev–Trinajstić information content (AvgIpc) is 2.44. The fourth-order valence-corrected chi connectivity index (χ4v) is 2.68. The van der Waals surface area contributed by atoms with Gasteiger partial charge in [-0.05, 0) is 48.6 Å². The van der Waals surface area contributed by atoms with Crippen LogP contribution in [0.1, 0.15) is 37.4 Å². The van der Waals surface area contributed by atoms with Crippen LogP contribution in [0.3, 0.4) is 0 Å². The maximum atomic E-state index is 12.0. The lowest BCUT2D eigenvalue weighted by Crippen LogP contribution is -2.24. The Balaban J connectivity index is 2.99. The molecule has 0 aliphatic heterocycles. The summed E-state index contributed by atoms with van der Waals surface area (Å²) >= 11 is 0. The number of primary amides is 2. The molecule has 2 aromatic carbocycles. The summed E-state index contributed by atoms with van der Waals surface area (Å²) in [6.45, 7) is 5.61. The summed E-state index contributed by atoms with van der Waals surface area (Å²) in [7, 11) is 0. The van der Waals surface area contributed by atoms with Crippen molar-refractivity contribution >= 4 is 11.8 Å². The van der Waals surface area contributed by atoms with Gasteiger partial charge in [0.1, 0.15) is 0 Å². The first-order valence-corrected chi connectivity index (χ1v) is 6.65. The normalized spacial score (nSPS) is 10.4. The van der Waals surface area contributed by atoms with Gasteiger partial charge >= 0.3 is 0 Å². The van der Waals surface area contributed by atoms with Gasteiger partial charge in [-0.25, -0.2) is 0 Å². The zero-order valence-corrected chi connectivity index (χ0v) is 12.4. The number of rotatable bonds is 3. The molecule has 0 aromatic heterocycles. The third kappa shape index (κ3) is 2.40. The molecule has 21 heavy (non-hydrogen) atoms. The molecule has 0 heterocycles. The Kier molecular flexibility index (Phi) is 3.80. The van der Waals surface area contributed by atoms with Crippen LogP contribution in [0, 0.1) is 20.8 Å². The summed E-state index contributed by atoms with van der Waals surface area (Å²) in [6, 6.07) is 9.40. The van der Waals surface area contributed by atoms with Crippen LogP contribution in [0.4, 0.5) is 0 Å². The third-order valence-corrected chi connectivity index (χ3v) is 3.93. The highest BCUT2D eigenvalue weighted by atomic mass is 16.2. The molecular weight excluding hydrogens is 264 g/mol. The van der Waals surface area contributed by atoms with E-state index in [9.17, 15) is 9.59 Å². The van der Waals surface area contributed by atoms with Crippen molar-refractivity contribution in [2.45, 2.75) is 20.8 Å². The molecule has 0 fully saturated rings. The van der Waals surface area contributed by atoms with Crippen molar-refractivity contribution in [3.05, 3.63) is 58.1 Å². The lowest BCUT2D eigenvalue weighted by Gasteiger charge is -2.19. The fraction of sp³-hybridized carbons (Fsp3) is 0.176. The molecule has 4 heteroatoms. The number of carbonyl (C=O) groups is 2. The summed E-state index contributed by atoms with van der Waals surface area (Å²) in [5.74, 6) is -1.28. The van der Waals surface area contributed by atoms with Crippen LogP contribution < -0.4 is 11.5 Å². The van der Waals surface area contributed by atoms with Gasteiger partial charge in [-0.1, -0.05) is 30.3 Å². The van der Waals surface area contributed by atoms with Crippen molar-refractivity contribution in [2.75, 3.05) is 0 Å². The van der Waals surface area contributed by atoms with Gasteiger partial charge < -0.3 is 11.5 Å². The Bertz CT molecular complexity index is 734. The molecule has 0 saturated carbocycles. The quantitative estimate of drug-likeness (QED) is 0.906. The van der Waals surface area contributed by atoms with Crippen molar-refractivity contribution in [3.63, 3.8) is 0 Å². The summed E-state index contributed by atoms with van der Waals surface area (Å²) < 4.78 is 0. The van der Waals surface area contributed by atoms with Crippen molar-refractivity contribution in [3.8, 4) is 11.1 Å². The standard InChI is InChI=1S/C17H18N2O2/c1-9-10(2)13(12-7-5-4-6-8-12)15(17(19)21)14(11(9)3)16(18)20/h4-8H,1-3H3,(H2,18,20)(H2,19,21). The summed E-state index contributed by atoms with van der Waals surface area (Å²) in [5.41, 5.74) is 15.5. The smallest absolute Gasteiger partial charge is 0.250 e. The van der Waals surface area contributed by atoms with E-state index in [2.05, 4.69) is 0 Å². The van der Waals surface area contributed by atoms with E-state index in [0.29, 0.717) is 11.1 Å². The van der Waals surface area contributed by atoms with Crippen molar-refractivity contribution in [1.82, 2.24) is 0 Å². The van der Waals surface area contributed by atoms with Gasteiger partial charge in [0.15, 0.2) is 0 Å². The molecule has 2 rings (SSSR count).